The van der Waals surface area contributed by atoms with Crippen LogP contribution in [0.1, 0.15) is 90.2 Å². The third-order valence-electron chi connectivity index (χ3n) is 7.90. The number of anilines is 2. The van der Waals surface area contributed by atoms with Gasteiger partial charge in [-0.3, -0.25) is 9.79 Å². The molecular weight excluding hydrogens is 420 g/mol. The van der Waals surface area contributed by atoms with Gasteiger partial charge in [-0.2, -0.15) is 0 Å². The Balaban J connectivity index is 1.83. The summed E-state index contributed by atoms with van der Waals surface area (Å²) in [5.41, 5.74) is 11.7. The molecule has 1 saturated carbocycles. The van der Waals surface area contributed by atoms with Crippen LogP contribution >= 0.6 is 0 Å². The number of fused-ring (bicyclic) bond motifs is 1. The van der Waals surface area contributed by atoms with E-state index in [1.807, 2.05) is 19.2 Å². The Bertz CT molecular complexity index is 1080. The standard InChI is InChI=1S/C29H40N4O/c1-6-12-29(13-7-2)23-11-10-21(25-18-24(31-14-8-3)19(5)27(30)32-25)17-26(23)33(28(29)34)22-15-20(9-4)16-22/h10-11,14,17-18,20,22H,6-9,12-13,15-16H2,1-5H3,(H2,30,32). The largest absolute Gasteiger partial charge is 0.383 e. The average molecular weight is 461 g/mol. The zero-order valence-corrected chi connectivity index (χ0v) is 21.5. The Kier molecular flexibility index (Phi) is 7.11. The molecule has 0 spiro atoms. The van der Waals surface area contributed by atoms with Gasteiger partial charge in [-0.1, -0.05) is 59.1 Å². The van der Waals surface area contributed by atoms with Gasteiger partial charge in [0, 0.05) is 29.1 Å². The number of hydrogen-bond acceptors (Lipinski definition) is 4. The van der Waals surface area contributed by atoms with E-state index in [1.54, 1.807) is 0 Å². The molecular formula is C29H40N4O. The van der Waals surface area contributed by atoms with Gasteiger partial charge in [0.05, 0.1) is 16.8 Å². The van der Waals surface area contributed by atoms with Crippen molar-refractivity contribution in [3.8, 4) is 11.3 Å². The van der Waals surface area contributed by atoms with Gasteiger partial charge in [0.2, 0.25) is 5.91 Å². The summed E-state index contributed by atoms with van der Waals surface area (Å²) in [6, 6.07) is 8.82. The van der Waals surface area contributed by atoms with Crippen molar-refractivity contribution >= 4 is 29.3 Å². The highest BCUT2D eigenvalue weighted by atomic mass is 16.2. The zero-order chi connectivity index (χ0) is 24.5. The number of aromatic nitrogens is 1. The van der Waals surface area contributed by atoms with Crippen LogP contribution in [0, 0.1) is 12.8 Å². The van der Waals surface area contributed by atoms with Gasteiger partial charge in [0.25, 0.3) is 0 Å². The van der Waals surface area contributed by atoms with Gasteiger partial charge in [0.15, 0.2) is 0 Å². The quantitative estimate of drug-likeness (QED) is 0.405. The van der Waals surface area contributed by atoms with E-state index in [9.17, 15) is 4.79 Å². The first-order chi connectivity index (χ1) is 16.4. The maximum absolute atomic E-state index is 14.1. The number of pyridine rings is 1. The van der Waals surface area contributed by atoms with Gasteiger partial charge < -0.3 is 10.6 Å². The summed E-state index contributed by atoms with van der Waals surface area (Å²) in [4.78, 5) is 25.5. The zero-order valence-electron chi connectivity index (χ0n) is 21.5. The van der Waals surface area contributed by atoms with Crippen molar-refractivity contribution in [1.82, 2.24) is 4.98 Å². The molecule has 0 radical (unpaired) electrons. The number of nitrogens with zero attached hydrogens (tertiary/aromatic N) is 3. The summed E-state index contributed by atoms with van der Waals surface area (Å²) in [5.74, 6) is 1.55. The van der Waals surface area contributed by atoms with Crippen molar-refractivity contribution in [2.24, 2.45) is 10.9 Å². The van der Waals surface area contributed by atoms with Crippen LogP contribution in [0.2, 0.25) is 0 Å². The van der Waals surface area contributed by atoms with Crippen molar-refractivity contribution in [3.63, 3.8) is 0 Å². The Labute approximate surface area is 204 Å². The van der Waals surface area contributed by atoms with Crippen molar-refractivity contribution in [2.75, 3.05) is 10.6 Å². The predicted molar refractivity (Wildman–Crippen MR) is 143 cm³/mol. The first-order valence-corrected chi connectivity index (χ1v) is 13.2. The maximum atomic E-state index is 14.1. The summed E-state index contributed by atoms with van der Waals surface area (Å²) >= 11 is 0. The minimum atomic E-state index is -0.398. The molecule has 182 valence electrons. The number of benzene rings is 1. The Hall–Kier alpha value is -2.69. The molecule has 2 heterocycles. The molecule has 4 rings (SSSR count). The average Bonchev–Trinajstić information content (AvgIpc) is 3.02. The van der Waals surface area contributed by atoms with Crippen LogP contribution in [0.15, 0.2) is 29.3 Å². The number of carbonyl (C=O) groups is 1. The van der Waals surface area contributed by atoms with E-state index in [1.165, 1.54) is 12.0 Å². The molecule has 0 saturated heterocycles. The second kappa shape index (κ2) is 9.89. The van der Waals surface area contributed by atoms with E-state index < -0.39 is 5.41 Å². The fourth-order valence-electron chi connectivity index (χ4n) is 5.91. The normalized spacial score (nSPS) is 21.2. The smallest absolute Gasteiger partial charge is 0.237 e. The number of carbonyl (C=O) groups excluding carboxylic acids is 1. The van der Waals surface area contributed by atoms with E-state index in [-0.39, 0.29) is 0 Å². The third-order valence-corrected chi connectivity index (χ3v) is 7.90. The third kappa shape index (κ3) is 4.03. The molecule has 1 aromatic heterocycles. The highest BCUT2D eigenvalue weighted by Gasteiger charge is 2.52. The lowest BCUT2D eigenvalue weighted by atomic mass is 9.73. The SMILES string of the molecule is CCC=Nc1cc(-c2ccc3c(c2)N(C2CC(CC)C2)C(=O)C3(CCC)CCC)nc(N)c1C. The van der Waals surface area contributed by atoms with E-state index in [0.29, 0.717) is 17.8 Å². The van der Waals surface area contributed by atoms with E-state index in [0.717, 1.165) is 79.1 Å². The van der Waals surface area contributed by atoms with Crippen molar-refractivity contribution < 1.29 is 4.79 Å². The van der Waals surface area contributed by atoms with Gasteiger partial charge in [-0.15, -0.1) is 0 Å². The Morgan fingerprint density at radius 3 is 2.47 bits per heavy atom. The molecule has 2 N–H and O–H groups in total. The topological polar surface area (TPSA) is 71.6 Å². The van der Waals surface area contributed by atoms with Gasteiger partial charge >= 0.3 is 0 Å². The Morgan fingerprint density at radius 1 is 1.15 bits per heavy atom. The predicted octanol–water partition coefficient (Wildman–Crippen LogP) is 7.12. The highest BCUT2D eigenvalue weighted by molar-refractivity contribution is 6.09. The molecule has 1 aromatic carbocycles. The molecule has 2 aromatic rings. The van der Waals surface area contributed by atoms with Crippen molar-refractivity contribution in [3.05, 3.63) is 35.4 Å². The maximum Gasteiger partial charge on any atom is 0.237 e. The lowest BCUT2D eigenvalue weighted by Crippen LogP contribution is -2.50. The molecule has 5 nitrogen and oxygen atoms in total. The summed E-state index contributed by atoms with van der Waals surface area (Å²) in [6.45, 7) is 10.7. The molecule has 1 aliphatic heterocycles. The van der Waals surface area contributed by atoms with Crippen LogP contribution in [0.25, 0.3) is 11.3 Å². The van der Waals surface area contributed by atoms with Gasteiger partial charge in [-0.25, -0.2) is 4.98 Å². The van der Waals surface area contributed by atoms with Crippen LogP contribution < -0.4 is 10.6 Å². The van der Waals surface area contributed by atoms with Crippen LogP contribution in [0.5, 0.6) is 0 Å². The van der Waals surface area contributed by atoms with E-state index in [2.05, 4.69) is 55.8 Å². The Morgan fingerprint density at radius 2 is 1.85 bits per heavy atom. The summed E-state index contributed by atoms with van der Waals surface area (Å²) in [5, 5.41) is 0. The van der Waals surface area contributed by atoms with E-state index in [4.69, 9.17) is 10.7 Å². The fraction of sp³-hybridized carbons (Fsp3) is 0.552. The van der Waals surface area contributed by atoms with Gasteiger partial charge in [-0.05, 0) is 62.6 Å². The second-order valence-corrected chi connectivity index (χ2v) is 10.1. The molecule has 1 aliphatic carbocycles. The van der Waals surface area contributed by atoms with Crippen molar-refractivity contribution in [1.29, 1.82) is 0 Å². The summed E-state index contributed by atoms with van der Waals surface area (Å²) in [7, 11) is 0. The minimum Gasteiger partial charge on any atom is -0.383 e. The summed E-state index contributed by atoms with van der Waals surface area (Å²) < 4.78 is 0. The highest BCUT2D eigenvalue weighted by Crippen LogP contribution is 2.52. The molecule has 5 heteroatoms. The number of nitrogens with two attached hydrogens (primary N) is 1. The van der Waals surface area contributed by atoms with Crippen LogP contribution in [-0.4, -0.2) is 23.1 Å². The lowest BCUT2D eigenvalue weighted by molar-refractivity contribution is -0.124. The lowest BCUT2D eigenvalue weighted by Gasteiger charge is -2.42. The molecule has 1 fully saturated rings. The first-order valence-electron chi connectivity index (χ1n) is 13.2. The molecule has 0 bridgehead atoms. The van der Waals surface area contributed by atoms with Gasteiger partial charge in [0.1, 0.15) is 5.82 Å². The van der Waals surface area contributed by atoms with Crippen molar-refractivity contribution in [2.45, 2.75) is 97.4 Å². The molecule has 0 atom stereocenters. The number of hydrogen-bond donors (Lipinski definition) is 1. The monoisotopic (exact) mass is 460 g/mol. The fourth-order valence-corrected chi connectivity index (χ4v) is 5.91. The second-order valence-electron chi connectivity index (χ2n) is 10.1. The molecule has 1 amide bonds. The number of rotatable bonds is 9. The molecule has 34 heavy (non-hydrogen) atoms. The van der Waals surface area contributed by atoms with Crippen LogP contribution in [0.4, 0.5) is 17.2 Å². The molecule has 0 unspecified atom stereocenters. The number of aliphatic imine (C=N–C) groups is 1. The van der Waals surface area contributed by atoms with Crippen LogP contribution in [-0.2, 0) is 10.2 Å². The minimum absolute atomic E-state index is 0.308. The van der Waals surface area contributed by atoms with E-state index >= 15 is 0 Å². The van der Waals surface area contributed by atoms with Crippen LogP contribution in [0.3, 0.4) is 0 Å². The molecule has 2 aliphatic rings. The summed E-state index contributed by atoms with van der Waals surface area (Å²) in [6.07, 6.45) is 9.96. The number of amides is 1. The first kappa shape index (κ1) is 24.4. The number of nitrogen functional groups attached to an aromatic ring is 1.